The summed E-state index contributed by atoms with van der Waals surface area (Å²) < 4.78 is 19.0. The third-order valence-electron chi connectivity index (χ3n) is 2.19. The van der Waals surface area contributed by atoms with Crippen LogP contribution in [0.15, 0.2) is 42.7 Å². The normalized spacial score (nSPS) is 11.3. The van der Waals surface area contributed by atoms with E-state index in [2.05, 4.69) is 6.58 Å². The molecule has 1 aromatic rings. The molecule has 16 heavy (non-hydrogen) atoms. The van der Waals surface area contributed by atoms with Gasteiger partial charge in [-0.2, -0.15) is 0 Å². The van der Waals surface area contributed by atoms with Gasteiger partial charge in [0.1, 0.15) is 11.6 Å². The zero-order valence-corrected chi connectivity index (χ0v) is 9.79. The minimum Gasteiger partial charge on any atom is -0.494 e. The van der Waals surface area contributed by atoms with Crippen molar-refractivity contribution >= 4 is 5.57 Å². The highest BCUT2D eigenvalue weighted by atomic mass is 19.1. The van der Waals surface area contributed by atoms with Crippen LogP contribution in [0.1, 0.15) is 25.8 Å². The lowest BCUT2D eigenvalue weighted by Gasteiger charge is -2.12. The molecular weight excluding hydrogens is 203 g/mol. The third kappa shape index (κ3) is 2.96. The van der Waals surface area contributed by atoms with Crippen molar-refractivity contribution in [2.45, 2.75) is 20.3 Å². The fourth-order valence-electron chi connectivity index (χ4n) is 1.51. The van der Waals surface area contributed by atoms with E-state index in [9.17, 15) is 4.39 Å². The van der Waals surface area contributed by atoms with Crippen LogP contribution < -0.4 is 0 Å². The van der Waals surface area contributed by atoms with E-state index in [1.807, 2.05) is 19.9 Å². The third-order valence-corrected chi connectivity index (χ3v) is 2.19. The van der Waals surface area contributed by atoms with Crippen LogP contribution in [0.25, 0.3) is 5.57 Å². The number of hydrogen-bond donors (Lipinski definition) is 0. The first-order valence-corrected chi connectivity index (χ1v) is 5.47. The predicted octanol–water partition coefficient (Wildman–Crippen LogP) is 4.17. The molecule has 0 atom stereocenters. The highest BCUT2D eigenvalue weighted by molar-refractivity contribution is 5.76. The summed E-state index contributed by atoms with van der Waals surface area (Å²) in [4.78, 5) is 0. The van der Waals surface area contributed by atoms with Gasteiger partial charge in [-0.1, -0.05) is 37.8 Å². The second kappa shape index (κ2) is 6.11. The Morgan fingerprint density at radius 1 is 1.38 bits per heavy atom. The first-order chi connectivity index (χ1) is 7.70. The molecule has 0 aromatic heterocycles. The average Bonchev–Trinajstić information content (AvgIpc) is 2.27. The van der Waals surface area contributed by atoms with Gasteiger partial charge >= 0.3 is 0 Å². The van der Waals surface area contributed by atoms with E-state index >= 15 is 0 Å². The van der Waals surface area contributed by atoms with Crippen molar-refractivity contribution in [1.29, 1.82) is 0 Å². The largest absolute Gasteiger partial charge is 0.494 e. The van der Waals surface area contributed by atoms with Gasteiger partial charge < -0.3 is 4.74 Å². The Morgan fingerprint density at radius 3 is 2.62 bits per heavy atom. The number of halogens is 1. The smallest absolute Gasteiger partial charge is 0.131 e. The van der Waals surface area contributed by atoms with Crippen LogP contribution in [0, 0.1) is 5.82 Å². The molecule has 0 aliphatic rings. The van der Waals surface area contributed by atoms with Crippen LogP contribution >= 0.6 is 0 Å². The quantitative estimate of drug-likeness (QED) is 0.534. The molecule has 0 saturated carbocycles. The molecular formula is C14H17FO. The molecule has 0 heterocycles. The summed E-state index contributed by atoms with van der Waals surface area (Å²) in [6.07, 6.45) is 2.74. The summed E-state index contributed by atoms with van der Waals surface area (Å²) in [7, 11) is 0. The summed E-state index contributed by atoms with van der Waals surface area (Å²) in [5, 5.41) is 0. The zero-order chi connectivity index (χ0) is 12.0. The lowest BCUT2D eigenvalue weighted by Crippen LogP contribution is -1.97. The molecule has 0 aliphatic carbocycles. The minimum absolute atomic E-state index is 0.247. The molecule has 1 rings (SSSR count). The van der Waals surface area contributed by atoms with Crippen LogP contribution in [-0.4, -0.2) is 6.61 Å². The van der Waals surface area contributed by atoms with Gasteiger partial charge in [0.2, 0.25) is 0 Å². The van der Waals surface area contributed by atoms with E-state index in [1.54, 1.807) is 18.2 Å². The Bertz CT molecular complexity index is 393. The van der Waals surface area contributed by atoms with Crippen LogP contribution in [0.2, 0.25) is 0 Å². The maximum absolute atomic E-state index is 13.6. The van der Waals surface area contributed by atoms with Gasteiger partial charge in [0.15, 0.2) is 0 Å². The van der Waals surface area contributed by atoms with Gasteiger partial charge in [0.05, 0.1) is 6.61 Å². The number of benzene rings is 1. The zero-order valence-electron chi connectivity index (χ0n) is 9.79. The maximum Gasteiger partial charge on any atom is 0.131 e. The fraction of sp³-hybridized carbons (Fsp3) is 0.286. The van der Waals surface area contributed by atoms with Gasteiger partial charge in [0, 0.05) is 11.1 Å². The topological polar surface area (TPSA) is 9.23 Å². The van der Waals surface area contributed by atoms with Crippen molar-refractivity contribution in [3.05, 3.63) is 54.1 Å². The molecule has 0 bridgehead atoms. The first kappa shape index (κ1) is 12.5. The van der Waals surface area contributed by atoms with Crippen LogP contribution in [0.5, 0.6) is 0 Å². The van der Waals surface area contributed by atoms with E-state index < -0.39 is 0 Å². The van der Waals surface area contributed by atoms with Gasteiger partial charge in [-0.3, -0.25) is 0 Å². The van der Waals surface area contributed by atoms with Gasteiger partial charge in [0.25, 0.3) is 0 Å². The highest BCUT2D eigenvalue weighted by Gasteiger charge is 2.10. The minimum atomic E-state index is -0.247. The summed E-state index contributed by atoms with van der Waals surface area (Å²) in [6, 6.07) is 6.66. The van der Waals surface area contributed by atoms with E-state index in [-0.39, 0.29) is 5.82 Å². The molecule has 86 valence electrons. The maximum atomic E-state index is 13.6. The molecule has 0 unspecified atom stereocenters. The van der Waals surface area contributed by atoms with Crippen LogP contribution in [0.4, 0.5) is 4.39 Å². The molecule has 0 aliphatic heterocycles. The van der Waals surface area contributed by atoms with E-state index in [0.717, 1.165) is 12.0 Å². The van der Waals surface area contributed by atoms with Crippen molar-refractivity contribution < 1.29 is 9.13 Å². The van der Waals surface area contributed by atoms with Crippen molar-refractivity contribution in [2.24, 2.45) is 0 Å². The number of rotatable bonds is 5. The number of hydrogen-bond acceptors (Lipinski definition) is 1. The van der Waals surface area contributed by atoms with E-state index in [4.69, 9.17) is 4.74 Å². The Labute approximate surface area is 96.3 Å². The lowest BCUT2D eigenvalue weighted by molar-refractivity contribution is 0.247. The van der Waals surface area contributed by atoms with Crippen LogP contribution in [-0.2, 0) is 4.74 Å². The molecule has 0 N–H and O–H groups in total. The number of ether oxygens (including phenoxy) is 1. The van der Waals surface area contributed by atoms with Crippen molar-refractivity contribution in [2.75, 3.05) is 6.61 Å². The summed E-state index contributed by atoms with van der Waals surface area (Å²) in [6.45, 7) is 8.24. The van der Waals surface area contributed by atoms with Crippen molar-refractivity contribution in [1.82, 2.24) is 0 Å². The molecule has 2 heteroatoms. The summed E-state index contributed by atoms with van der Waals surface area (Å²) >= 11 is 0. The molecule has 1 aromatic carbocycles. The van der Waals surface area contributed by atoms with Gasteiger partial charge in [-0.05, 0) is 19.4 Å². The van der Waals surface area contributed by atoms with Crippen molar-refractivity contribution in [3.8, 4) is 0 Å². The predicted molar refractivity (Wildman–Crippen MR) is 65.4 cm³/mol. The molecule has 0 fully saturated rings. The summed E-state index contributed by atoms with van der Waals surface area (Å²) in [5.41, 5.74) is 1.28. The molecule has 0 spiro atoms. The monoisotopic (exact) mass is 220 g/mol. The van der Waals surface area contributed by atoms with E-state index in [0.29, 0.717) is 17.9 Å². The Hall–Kier alpha value is -1.57. The Balaban J connectivity index is 3.09. The number of allylic oxidation sites excluding steroid dienone is 2. The Kier molecular flexibility index (Phi) is 4.77. The molecule has 0 saturated heterocycles. The lowest BCUT2D eigenvalue weighted by atomic mass is 10.0. The fourth-order valence-corrected chi connectivity index (χ4v) is 1.51. The standard InChI is InChI=1S/C14H17FO/c1-4-8-12(11(3)16-5-2)13-9-6-7-10-14(13)15/h6-10H,3-5H2,1-2H3. The van der Waals surface area contributed by atoms with E-state index in [1.165, 1.54) is 6.07 Å². The SMILES string of the molecule is C=C(OCC)C(=CCC)c1ccccc1F. The first-order valence-electron chi connectivity index (χ1n) is 5.47. The summed E-state index contributed by atoms with van der Waals surface area (Å²) in [5.74, 6) is 0.275. The second-order valence-electron chi connectivity index (χ2n) is 3.36. The average molecular weight is 220 g/mol. The highest BCUT2D eigenvalue weighted by Crippen LogP contribution is 2.25. The second-order valence-corrected chi connectivity index (χ2v) is 3.36. The van der Waals surface area contributed by atoms with Crippen LogP contribution in [0.3, 0.4) is 0 Å². The molecule has 0 radical (unpaired) electrons. The van der Waals surface area contributed by atoms with Gasteiger partial charge in [-0.15, -0.1) is 0 Å². The Morgan fingerprint density at radius 2 is 2.06 bits per heavy atom. The van der Waals surface area contributed by atoms with Crippen molar-refractivity contribution in [3.63, 3.8) is 0 Å². The molecule has 1 nitrogen and oxygen atoms in total. The molecule has 0 amide bonds. The van der Waals surface area contributed by atoms with Gasteiger partial charge in [-0.25, -0.2) is 4.39 Å².